The normalized spacial score (nSPS) is 25.1. The van der Waals surface area contributed by atoms with Crippen molar-refractivity contribution in [2.45, 2.75) is 51.7 Å². The molecule has 0 saturated carbocycles. The fraction of sp³-hybridized carbons (Fsp3) is 0.778. The maximum absolute atomic E-state index is 6.22. The fourth-order valence-electron chi connectivity index (χ4n) is 4.00. The summed E-state index contributed by atoms with van der Waals surface area (Å²) in [6, 6.07) is 4.14. The van der Waals surface area contributed by atoms with E-state index in [0.717, 1.165) is 70.2 Å². The van der Waals surface area contributed by atoms with Gasteiger partial charge in [0.05, 0.1) is 12.1 Å². The topological polar surface area (TPSA) is 34.8 Å². The maximum atomic E-state index is 6.22. The molecule has 0 bridgehead atoms. The average molecular weight is 307 g/mol. The second kappa shape index (κ2) is 7.16. The van der Waals surface area contributed by atoms with E-state index in [-0.39, 0.29) is 5.60 Å². The van der Waals surface area contributed by atoms with Crippen LogP contribution in [-0.2, 0) is 16.0 Å². The monoisotopic (exact) mass is 307 g/mol. The van der Waals surface area contributed by atoms with Gasteiger partial charge in [-0.1, -0.05) is 0 Å². The van der Waals surface area contributed by atoms with Crippen molar-refractivity contribution in [3.8, 4) is 0 Å². The number of nitrogens with zero attached hydrogens (tertiary/aromatic N) is 1. The molecule has 2 aliphatic heterocycles. The summed E-state index contributed by atoms with van der Waals surface area (Å²) < 4.78 is 17.5. The molecule has 4 nitrogen and oxygen atoms in total. The van der Waals surface area contributed by atoms with Crippen molar-refractivity contribution in [2.75, 3.05) is 32.9 Å². The number of hydrogen-bond donors (Lipinski definition) is 0. The number of furan rings is 1. The molecule has 0 radical (unpaired) electrons. The zero-order valence-corrected chi connectivity index (χ0v) is 14.0. The van der Waals surface area contributed by atoms with Crippen LogP contribution in [0.1, 0.15) is 44.1 Å². The molecule has 0 N–H and O–H groups in total. The van der Waals surface area contributed by atoms with Crippen molar-refractivity contribution in [1.29, 1.82) is 0 Å². The third-order valence-corrected chi connectivity index (χ3v) is 5.29. The Morgan fingerprint density at radius 1 is 1.32 bits per heavy atom. The minimum atomic E-state index is 0.118. The summed E-state index contributed by atoms with van der Waals surface area (Å²) in [6.45, 7) is 9.82. The molecule has 124 valence electrons. The van der Waals surface area contributed by atoms with E-state index in [4.69, 9.17) is 13.9 Å². The quantitative estimate of drug-likeness (QED) is 0.755. The van der Waals surface area contributed by atoms with Crippen molar-refractivity contribution in [2.24, 2.45) is 5.92 Å². The fourth-order valence-corrected chi connectivity index (χ4v) is 4.00. The van der Waals surface area contributed by atoms with E-state index in [1.165, 1.54) is 6.42 Å². The van der Waals surface area contributed by atoms with E-state index >= 15 is 0 Å². The highest BCUT2D eigenvalue weighted by molar-refractivity contribution is 5.06. The van der Waals surface area contributed by atoms with Crippen LogP contribution >= 0.6 is 0 Å². The van der Waals surface area contributed by atoms with Gasteiger partial charge >= 0.3 is 0 Å². The highest BCUT2D eigenvalue weighted by Crippen LogP contribution is 2.42. The van der Waals surface area contributed by atoms with Crippen LogP contribution in [0.4, 0.5) is 0 Å². The molecule has 1 atom stereocenters. The Kier molecular flexibility index (Phi) is 5.21. The number of aryl methyl sites for hydroxylation is 1. The van der Waals surface area contributed by atoms with Crippen molar-refractivity contribution < 1.29 is 13.9 Å². The number of ether oxygens (including phenoxy) is 2. The summed E-state index contributed by atoms with van der Waals surface area (Å²) in [5, 5.41) is 0. The Labute approximate surface area is 133 Å². The number of likely N-dealkylation sites (tertiary alicyclic amines) is 1. The van der Waals surface area contributed by atoms with Crippen molar-refractivity contribution in [3.05, 3.63) is 23.7 Å². The minimum absolute atomic E-state index is 0.118. The molecule has 22 heavy (non-hydrogen) atoms. The summed E-state index contributed by atoms with van der Waals surface area (Å²) in [5.74, 6) is 2.75. The lowest BCUT2D eigenvalue weighted by Gasteiger charge is -2.42. The number of piperidine rings is 1. The van der Waals surface area contributed by atoms with Crippen LogP contribution < -0.4 is 0 Å². The van der Waals surface area contributed by atoms with Gasteiger partial charge in [-0.25, -0.2) is 0 Å². The highest BCUT2D eigenvalue weighted by Gasteiger charge is 2.45. The SMILES string of the molecule is CCOCC[C@@H]1CCOC12CCN(Cc1ccc(C)o1)CC2. The molecule has 1 spiro atoms. The molecule has 3 heterocycles. The van der Waals surface area contributed by atoms with Gasteiger partial charge in [0.2, 0.25) is 0 Å². The first kappa shape index (κ1) is 16.0. The standard InChI is InChI=1S/C18H29NO3/c1-3-20-12-6-16-7-13-21-18(16)8-10-19(11-9-18)14-17-5-4-15(2)22-17/h4-5,16H,3,6-14H2,1-2H3/t16-/m1/s1. The minimum Gasteiger partial charge on any atom is -0.465 e. The van der Waals surface area contributed by atoms with Gasteiger partial charge in [-0.15, -0.1) is 0 Å². The molecule has 1 aromatic heterocycles. The van der Waals surface area contributed by atoms with Gasteiger partial charge < -0.3 is 13.9 Å². The summed E-state index contributed by atoms with van der Waals surface area (Å²) in [5.41, 5.74) is 0.118. The van der Waals surface area contributed by atoms with E-state index in [0.29, 0.717) is 5.92 Å². The lowest BCUT2D eigenvalue weighted by atomic mass is 9.78. The molecular formula is C18H29NO3. The van der Waals surface area contributed by atoms with Crippen molar-refractivity contribution >= 4 is 0 Å². The predicted molar refractivity (Wildman–Crippen MR) is 85.9 cm³/mol. The third-order valence-electron chi connectivity index (χ3n) is 5.29. The van der Waals surface area contributed by atoms with E-state index in [1.54, 1.807) is 0 Å². The predicted octanol–water partition coefficient (Wildman–Crippen LogP) is 3.39. The highest BCUT2D eigenvalue weighted by atomic mass is 16.5. The smallest absolute Gasteiger partial charge is 0.118 e. The van der Waals surface area contributed by atoms with Gasteiger partial charge in [-0.05, 0) is 57.6 Å². The van der Waals surface area contributed by atoms with Gasteiger partial charge in [-0.2, -0.15) is 0 Å². The second-order valence-electron chi connectivity index (χ2n) is 6.67. The average Bonchev–Trinajstić information content (AvgIpc) is 3.09. The van der Waals surface area contributed by atoms with E-state index < -0.39 is 0 Å². The Morgan fingerprint density at radius 3 is 2.82 bits per heavy atom. The van der Waals surface area contributed by atoms with Gasteiger partial charge in [0.15, 0.2) is 0 Å². The molecule has 2 saturated heterocycles. The molecule has 0 amide bonds. The van der Waals surface area contributed by atoms with Crippen molar-refractivity contribution in [1.82, 2.24) is 4.90 Å². The number of hydrogen-bond acceptors (Lipinski definition) is 4. The van der Waals surface area contributed by atoms with Crippen LogP contribution in [0.2, 0.25) is 0 Å². The first-order chi connectivity index (χ1) is 10.7. The van der Waals surface area contributed by atoms with Crippen LogP contribution in [0.25, 0.3) is 0 Å². The number of rotatable bonds is 6. The van der Waals surface area contributed by atoms with Crippen LogP contribution in [0.15, 0.2) is 16.5 Å². The second-order valence-corrected chi connectivity index (χ2v) is 6.67. The van der Waals surface area contributed by atoms with Crippen LogP contribution in [0, 0.1) is 12.8 Å². The molecule has 0 unspecified atom stereocenters. The Hall–Kier alpha value is -0.840. The third kappa shape index (κ3) is 3.55. The lowest BCUT2D eigenvalue weighted by molar-refractivity contribution is -0.0734. The van der Waals surface area contributed by atoms with E-state index in [9.17, 15) is 0 Å². The van der Waals surface area contributed by atoms with Gasteiger partial charge in [0, 0.05) is 32.9 Å². The largest absolute Gasteiger partial charge is 0.465 e. The molecule has 0 aliphatic carbocycles. The maximum Gasteiger partial charge on any atom is 0.118 e. The Morgan fingerprint density at radius 2 is 2.14 bits per heavy atom. The van der Waals surface area contributed by atoms with Gasteiger partial charge in [0.1, 0.15) is 11.5 Å². The molecular weight excluding hydrogens is 278 g/mol. The van der Waals surface area contributed by atoms with Gasteiger partial charge in [0.25, 0.3) is 0 Å². The van der Waals surface area contributed by atoms with E-state index in [2.05, 4.69) is 17.9 Å². The zero-order chi connectivity index (χ0) is 15.4. The summed E-state index contributed by atoms with van der Waals surface area (Å²) in [7, 11) is 0. The van der Waals surface area contributed by atoms with Gasteiger partial charge in [-0.3, -0.25) is 4.90 Å². The van der Waals surface area contributed by atoms with Crippen LogP contribution in [0.3, 0.4) is 0 Å². The lowest BCUT2D eigenvalue weighted by Crippen LogP contribution is -2.47. The Bertz CT molecular complexity index is 463. The molecule has 1 aromatic rings. The van der Waals surface area contributed by atoms with Crippen LogP contribution in [0.5, 0.6) is 0 Å². The molecule has 0 aromatic carbocycles. The van der Waals surface area contributed by atoms with Crippen molar-refractivity contribution in [3.63, 3.8) is 0 Å². The Balaban J connectivity index is 1.51. The zero-order valence-electron chi connectivity index (χ0n) is 14.0. The molecule has 2 fully saturated rings. The molecule has 3 rings (SSSR count). The summed E-state index contributed by atoms with van der Waals surface area (Å²) >= 11 is 0. The first-order valence-electron chi connectivity index (χ1n) is 8.71. The first-order valence-corrected chi connectivity index (χ1v) is 8.71. The van der Waals surface area contributed by atoms with Crippen LogP contribution in [-0.4, -0.2) is 43.4 Å². The molecule has 4 heteroatoms. The summed E-state index contributed by atoms with van der Waals surface area (Å²) in [6.07, 6.45) is 4.63. The summed E-state index contributed by atoms with van der Waals surface area (Å²) in [4.78, 5) is 2.49. The van der Waals surface area contributed by atoms with E-state index in [1.807, 2.05) is 13.0 Å². The molecule has 2 aliphatic rings.